The van der Waals surface area contributed by atoms with E-state index in [1.807, 2.05) is 43.2 Å². The standard InChI is InChI=1S/C23H21F2N4O/c24-22-8-3-9-23(25)21(22)15-30-20-7-2-6-18(12-20)28(17-4-1-5-17)29-11-10-26-13-19(29)14-27-16-29/h2-3,6-14,16-17H,1,4-5,15H2/q+1. The normalized spacial score (nSPS) is 21.9. The SMILES string of the molecule is Fc1cccc(F)c1COc1cccc(N(C2CCC2)[N+]23C=CN=CC2=CN=C3)c1. The molecule has 152 valence electrons. The Hall–Kier alpha value is -3.32. The van der Waals surface area contributed by atoms with E-state index < -0.39 is 11.6 Å². The summed E-state index contributed by atoms with van der Waals surface area (Å²) in [5.41, 5.74) is 1.84. The second-order valence-electron chi connectivity index (χ2n) is 7.55. The van der Waals surface area contributed by atoms with E-state index in [4.69, 9.17) is 4.74 Å². The number of allylic oxidation sites excluding steroid dienone is 1. The Kier molecular flexibility index (Phi) is 4.67. The van der Waals surface area contributed by atoms with Crippen molar-refractivity contribution >= 4 is 18.2 Å². The maximum atomic E-state index is 13.9. The van der Waals surface area contributed by atoms with Gasteiger partial charge in [0.1, 0.15) is 24.0 Å². The number of anilines is 1. The van der Waals surface area contributed by atoms with Crippen LogP contribution in [0.2, 0.25) is 0 Å². The Balaban J connectivity index is 1.45. The molecule has 0 aromatic heterocycles. The van der Waals surface area contributed by atoms with Gasteiger partial charge in [-0.15, -0.1) is 4.59 Å². The number of benzene rings is 2. The van der Waals surface area contributed by atoms with Gasteiger partial charge in [-0.3, -0.25) is 4.99 Å². The van der Waals surface area contributed by atoms with E-state index in [2.05, 4.69) is 15.0 Å². The smallest absolute Gasteiger partial charge is 0.225 e. The lowest BCUT2D eigenvalue weighted by Gasteiger charge is -2.46. The highest BCUT2D eigenvalue weighted by Crippen LogP contribution is 2.40. The van der Waals surface area contributed by atoms with Crippen molar-refractivity contribution in [3.63, 3.8) is 0 Å². The van der Waals surface area contributed by atoms with Crippen LogP contribution in [0.15, 0.2) is 76.7 Å². The average molecular weight is 407 g/mol. The molecule has 0 spiro atoms. The monoisotopic (exact) mass is 407 g/mol. The molecule has 1 aliphatic carbocycles. The number of aliphatic imine (C=N–C) groups is 2. The minimum atomic E-state index is -0.610. The second-order valence-corrected chi connectivity index (χ2v) is 7.55. The Bertz CT molecular complexity index is 1070. The van der Waals surface area contributed by atoms with E-state index in [-0.39, 0.29) is 12.2 Å². The van der Waals surface area contributed by atoms with Crippen molar-refractivity contribution in [2.45, 2.75) is 31.9 Å². The molecule has 1 atom stereocenters. The molecule has 5 nitrogen and oxygen atoms in total. The molecule has 2 aromatic carbocycles. The average Bonchev–Trinajstić information content (AvgIpc) is 3.15. The molecule has 2 aromatic rings. The number of hydrogen-bond donors (Lipinski definition) is 0. The third-order valence-corrected chi connectivity index (χ3v) is 5.75. The third-order valence-electron chi connectivity index (χ3n) is 5.75. The van der Waals surface area contributed by atoms with Gasteiger partial charge in [0.05, 0.1) is 35.9 Å². The molecule has 30 heavy (non-hydrogen) atoms. The first-order chi connectivity index (χ1) is 14.7. The summed E-state index contributed by atoms with van der Waals surface area (Å²) in [6, 6.07) is 11.8. The van der Waals surface area contributed by atoms with Gasteiger partial charge < -0.3 is 4.74 Å². The number of ether oxygens (including phenoxy) is 1. The molecule has 0 saturated heterocycles. The van der Waals surface area contributed by atoms with E-state index in [0.29, 0.717) is 16.4 Å². The van der Waals surface area contributed by atoms with E-state index in [1.165, 1.54) is 24.6 Å². The Morgan fingerprint density at radius 1 is 1.07 bits per heavy atom. The maximum Gasteiger partial charge on any atom is 0.225 e. The van der Waals surface area contributed by atoms with E-state index in [1.54, 1.807) is 12.3 Å². The zero-order valence-corrected chi connectivity index (χ0v) is 16.3. The molecule has 0 bridgehead atoms. The molecule has 0 amide bonds. The fourth-order valence-corrected chi connectivity index (χ4v) is 3.98. The summed E-state index contributed by atoms with van der Waals surface area (Å²) in [6.45, 7) is -0.176. The molecule has 7 heteroatoms. The fourth-order valence-electron chi connectivity index (χ4n) is 3.98. The minimum Gasteiger partial charge on any atom is -0.489 e. The van der Waals surface area contributed by atoms with Gasteiger partial charge >= 0.3 is 0 Å². The van der Waals surface area contributed by atoms with E-state index in [0.717, 1.165) is 24.2 Å². The van der Waals surface area contributed by atoms with Crippen molar-refractivity contribution in [3.8, 4) is 5.75 Å². The van der Waals surface area contributed by atoms with Gasteiger partial charge in [-0.25, -0.2) is 18.8 Å². The predicted octanol–water partition coefficient (Wildman–Crippen LogP) is 5.07. The zero-order chi connectivity index (χ0) is 20.6. The molecule has 3 aliphatic rings. The minimum absolute atomic E-state index is 0.0762. The quantitative estimate of drug-likeness (QED) is 0.627. The highest BCUT2D eigenvalue weighted by atomic mass is 19.1. The Labute approximate surface area is 173 Å². The van der Waals surface area contributed by atoms with Crippen LogP contribution in [0, 0.1) is 11.6 Å². The first-order valence-electron chi connectivity index (χ1n) is 9.97. The van der Waals surface area contributed by atoms with Crippen LogP contribution in [-0.4, -0.2) is 23.2 Å². The molecule has 1 saturated carbocycles. The largest absolute Gasteiger partial charge is 0.489 e. The van der Waals surface area contributed by atoms with Crippen molar-refractivity contribution in [3.05, 3.63) is 84.0 Å². The van der Waals surface area contributed by atoms with Crippen molar-refractivity contribution in [1.82, 2.24) is 0 Å². The fraction of sp³-hybridized carbons (Fsp3) is 0.217. The summed E-state index contributed by atoms with van der Waals surface area (Å²) in [4.78, 5) is 8.64. The molecular weight excluding hydrogens is 386 g/mol. The maximum absolute atomic E-state index is 13.9. The zero-order valence-electron chi connectivity index (χ0n) is 16.3. The van der Waals surface area contributed by atoms with Gasteiger partial charge in [-0.05, 0) is 43.5 Å². The highest BCUT2D eigenvalue weighted by Gasteiger charge is 2.46. The molecule has 1 fully saturated rings. The number of fused-ring (bicyclic) bond motifs is 1. The second kappa shape index (κ2) is 7.50. The van der Waals surface area contributed by atoms with E-state index in [9.17, 15) is 8.78 Å². The van der Waals surface area contributed by atoms with Crippen LogP contribution >= 0.6 is 0 Å². The molecular formula is C23H21F2N4O+. The number of hydrogen-bond acceptors (Lipinski definition) is 4. The van der Waals surface area contributed by atoms with Crippen LogP contribution in [0.1, 0.15) is 24.8 Å². The number of nitrogens with zero attached hydrogens (tertiary/aromatic N) is 4. The topological polar surface area (TPSA) is 37.2 Å². The molecule has 0 radical (unpaired) electrons. The van der Waals surface area contributed by atoms with E-state index >= 15 is 0 Å². The summed E-state index contributed by atoms with van der Waals surface area (Å²) in [7, 11) is 0. The van der Waals surface area contributed by atoms with Gasteiger partial charge in [0.2, 0.25) is 12.0 Å². The van der Waals surface area contributed by atoms with Crippen molar-refractivity contribution in [1.29, 1.82) is 0 Å². The summed E-state index contributed by atoms with van der Waals surface area (Å²) >= 11 is 0. The van der Waals surface area contributed by atoms with Crippen LogP contribution in [0.4, 0.5) is 14.5 Å². The summed E-state index contributed by atoms with van der Waals surface area (Å²) in [5.74, 6) is -0.670. The van der Waals surface area contributed by atoms with Gasteiger partial charge in [-0.1, -0.05) is 12.1 Å². The molecule has 0 N–H and O–H groups in total. The lowest BCUT2D eigenvalue weighted by atomic mass is 9.91. The Morgan fingerprint density at radius 3 is 2.63 bits per heavy atom. The van der Waals surface area contributed by atoms with Crippen molar-refractivity contribution in [2.24, 2.45) is 9.98 Å². The number of halogens is 2. The van der Waals surface area contributed by atoms with Gasteiger partial charge in [0, 0.05) is 6.07 Å². The van der Waals surface area contributed by atoms with Crippen LogP contribution in [0.5, 0.6) is 5.75 Å². The lowest BCUT2D eigenvalue weighted by molar-refractivity contribution is -0.746. The highest BCUT2D eigenvalue weighted by molar-refractivity contribution is 5.82. The van der Waals surface area contributed by atoms with Crippen molar-refractivity contribution in [2.75, 3.05) is 5.01 Å². The third kappa shape index (κ3) is 3.11. The van der Waals surface area contributed by atoms with Crippen LogP contribution in [0.3, 0.4) is 0 Å². The first-order valence-corrected chi connectivity index (χ1v) is 9.97. The summed E-state index contributed by atoms with van der Waals surface area (Å²) in [6.07, 6.45) is 12.6. The summed E-state index contributed by atoms with van der Waals surface area (Å²) < 4.78 is 34.0. The lowest BCUT2D eigenvalue weighted by Crippen LogP contribution is -2.61. The first kappa shape index (κ1) is 18.7. The van der Waals surface area contributed by atoms with Gasteiger partial charge in [0.15, 0.2) is 6.20 Å². The summed E-state index contributed by atoms with van der Waals surface area (Å²) in [5, 5.41) is 2.30. The van der Waals surface area contributed by atoms with Gasteiger partial charge in [0.25, 0.3) is 0 Å². The Morgan fingerprint density at radius 2 is 1.87 bits per heavy atom. The van der Waals surface area contributed by atoms with Crippen LogP contribution < -0.4 is 9.75 Å². The number of rotatable bonds is 6. The van der Waals surface area contributed by atoms with Gasteiger partial charge in [-0.2, -0.15) is 0 Å². The number of quaternary nitrogens is 1. The molecule has 2 heterocycles. The van der Waals surface area contributed by atoms with Crippen LogP contribution in [-0.2, 0) is 6.61 Å². The van der Waals surface area contributed by atoms with Crippen LogP contribution in [0.25, 0.3) is 0 Å². The molecule has 2 aliphatic heterocycles. The predicted molar refractivity (Wildman–Crippen MR) is 112 cm³/mol. The molecule has 1 unspecified atom stereocenters. The van der Waals surface area contributed by atoms with Crippen molar-refractivity contribution < 1.29 is 18.1 Å². The molecule has 5 rings (SSSR count).